The summed E-state index contributed by atoms with van der Waals surface area (Å²) < 4.78 is 6.51. The molecule has 206 valence electrons. The zero-order chi connectivity index (χ0) is 30.1. The van der Waals surface area contributed by atoms with Gasteiger partial charge in [-0.05, 0) is 67.5 Å². The van der Waals surface area contributed by atoms with Gasteiger partial charge in [-0.2, -0.15) is 0 Å². The predicted molar refractivity (Wildman–Crippen MR) is 193 cm³/mol. The molecule has 8 rings (SSSR count). The predicted octanol–water partition coefficient (Wildman–Crippen LogP) is 5.08. The molecule has 7 aromatic carbocycles. The van der Waals surface area contributed by atoms with E-state index < -0.39 is 0 Å². The van der Waals surface area contributed by atoms with Crippen LogP contribution in [0, 0.1) is 0 Å². The molecule has 0 unspecified atom stereocenters. The molecule has 1 aromatic heterocycles. The number of fused-ring (bicyclic) bond motifs is 5. The Kier molecular flexibility index (Phi) is 5.89. The Morgan fingerprint density at radius 2 is 0.977 bits per heavy atom. The van der Waals surface area contributed by atoms with Gasteiger partial charge in [0.05, 0.1) is 0 Å². The van der Waals surface area contributed by atoms with E-state index in [1.54, 1.807) is 7.85 Å². The molecule has 2 N–H and O–H groups in total. The maximum absolute atomic E-state index is 11.6. The Bertz CT molecular complexity index is 2360. The van der Waals surface area contributed by atoms with E-state index in [4.69, 9.17) is 4.42 Å². The van der Waals surface area contributed by atoms with Gasteiger partial charge in [0, 0.05) is 21.9 Å². The van der Waals surface area contributed by atoms with Gasteiger partial charge < -0.3 is 14.6 Å². The Labute approximate surface area is 257 Å². The zero-order valence-corrected chi connectivity index (χ0v) is 24.8. The highest BCUT2D eigenvalue weighted by molar-refractivity contribution is 6.56. The summed E-state index contributed by atoms with van der Waals surface area (Å²) in [5.74, 6) is 0.254. The molecule has 0 amide bonds. The number of rotatable bonds is 3. The third-order valence-electron chi connectivity index (χ3n) is 9.28. The lowest BCUT2D eigenvalue weighted by Crippen LogP contribution is -2.33. The fraction of sp³-hybridized carbons (Fsp3) is 0. The molecule has 3 nitrogen and oxygen atoms in total. The van der Waals surface area contributed by atoms with Crippen molar-refractivity contribution in [3.63, 3.8) is 0 Å². The quantitative estimate of drug-likeness (QED) is 0.233. The number of phenols is 2. The molecule has 0 saturated heterocycles. The number of hydrogen-bond donors (Lipinski definition) is 2. The lowest BCUT2D eigenvalue weighted by molar-refractivity contribution is 0.463. The summed E-state index contributed by atoms with van der Waals surface area (Å²) in [4.78, 5) is 0. The van der Waals surface area contributed by atoms with Crippen molar-refractivity contribution < 1.29 is 14.6 Å². The highest BCUT2D eigenvalue weighted by Gasteiger charge is 2.25. The molecule has 44 heavy (non-hydrogen) atoms. The maximum Gasteiger partial charge on any atom is 0.149 e. The van der Waals surface area contributed by atoms with Gasteiger partial charge in [0.15, 0.2) is 0 Å². The van der Waals surface area contributed by atoms with Crippen LogP contribution >= 0.6 is 0 Å². The number of aromatic hydroxyl groups is 2. The molecule has 0 spiro atoms. The standard InChI is InChI=1S/C38H27B3O3/c39-34-33(37(42)36(41)38(43)35(34)40)32-24-14-6-4-12-22(24)30(23-13-5-7-15-25(23)32)27-18-21(20-10-2-1-3-11-20)19-29-31(27)26-16-8-9-17-28(26)44-29/h1-19,42-43H,39-41H2. The van der Waals surface area contributed by atoms with Crippen molar-refractivity contribution in [3.05, 3.63) is 115 Å². The highest BCUT2D eigenvalue weighted by Crippen LogP contribution is 2.48. The minimum Gasteiger partial charge on any atom is -0.509 e. The molecule has 8 aromatic rings. The monoisotopic (exact) mass is 564 g/mol. The van der Waals surface area contributed by atoms with E-state index in [1.165, 1.54) is 0 Å². The first-order valence-corrected chi connectivity index (χ1v) is 14.9. The first-order valence-electron chi connectivity index (χ1n) is 14.9. The Morgan fingerprint density at radius 3 is 1.61 bits per heavy atom. The molecular formula is C38H27B3O3. The highest BCUT2D eigenvalue weighted by atomic mass is 16.3. The second-order valence-corrected chi connectivity index (χ2v) is 11.6. The van der Waals surface area contributed by atoms with Crippen LogP contribution in [-0.2, 0) is 0 Å². The number of phenolic OH excluding ortho intramolecular Hbond substituents is 2. The van der Waals surface area contributed by atoms with Crippen molar-refractivity contribution in [1.29, 1.82) is 0 Å². The van der Waals surface area contributed by atoms with E-state index in [9.17, 15) is 10.2 Å². The molecule has 0 saturated carbocycles. The molecule has 0 aliphatic carbocycles. The van der Waals surface area contributed by atoms with Crippen LogP contribution in [0.15, 0.2) is 120 Å². The third kappa shape index (κ3) is 3.74. The molecule has 1 heterocycles. The van der Waals surface area contributed by atoms with Crippen molar-refractivity contribution >= 4 is 83.4 Å². The van der Waals surface area contributed by atoms with E-state index in [0.717, 1.165) is 87.8 Å². The van der Waals surface area contributed by atoms with Crippen LogP contribution in [0.25, 0.3) is 76.9 Å². The topological polar surface area (TPSA) is 53.6 Å². The van der Waals surface area contributed by atoms with Crippen molar-refractivity contribution in [3.8, 4) is 44.9 Å². The molecule has 0 bridgehead atoms. The van der Waals surface area contributed by atoms with Crippen molar-refractivity contribution in [2.75, 3.05) is 0 Å². The second-order valence-electron chi connectivity index (χ2n) is 11.6. The largest absolute Gasteiger partial charge is 0.509 e. The minimum absolute atomic E-state index is 0.114. The van der Waals surface area contributed by atoms with Gasteiger partial charge in [-0.25, -0.2) is 0 Å². The third-order valence-corrected chi connectivity index (χ3v) is 9.28. The van der Waals surface area contributed by atoms with E-state index in [0.29, 0.717) is 5.46 Å². The molecule has 0 aliphatic rings. The minimum atomic E-state index is 0.114. The summed E-state index contributed by atoms with van der Waals surface area (Å²) in [6.45, 7) is 0. The van der Waals surface area contributed by atoms with E-state index in [1.807, 2.05) is 33.9 Å². The summed E-state index contributed by atoms with van der Waals surface area (Å²) in [7, 11) is 5.66. The first-order chi connectivity index (χ1) is 21.4. The Balaban J connectivity index is 1.59. The summed E-state index contributed by atoms with van der Waals surface area (Å²) in [5.41, 5.74) is 9.98. The smallest absolute Gasteiger partial charge is 0.149 e. The summed E-state index contributed by atoms with van der Waals surface area (Å²) in [6.07, 6.45) is 0. The SMILES string of the molecule is Bc1c(B)c(-c2c3ccccc3c(-c3cc(-c4ccccc4)cc4oc5ccccc5c34)c3ccccc23)c(O)c(B)c1O. The van der Waals surface area contributed by atoms with Gasteiger partial charge in [0.25, 0.3) is 0 Å². The van der Waals surface area contributed by atoms with Crippen LogP contribution in [-0.4, -0.2) is 33.8 Å². The first kappa shape index (κ1) is 26.3. The lowest BCUT2D eigenvalue weighted by atomic mass is 9.70. The number of para-hydroxylation sites is 1. The molecule has 0 aliphatic heterocycles. The Hall–Kier alpha value is -5.35. The zero-order valence-electron chi connectivity index (χ0n) is 24.8. The molecule has 0 atom stereocenters. The van der Waals surface area contributed by atoms with E-state index in [2.05, 4.69) is 97.1 Å². The number of benzene rings is 7. The summed E-state index contributed by atoms with van der Waals surface area (Å²) >= 11 is 0. The fourth-order valence-corrected chi connectivity index (χ4v) is 6.97. The van der Waals surface area contributed by atoms with Gasteiger partial charge in [-0.1, -0.05) is 108 Å². The molecular weight excluding hydrogens is 537 g/mol. The van der Waals surface area contributed by atoms with Crippen LogP contribution < -0.4 is 16.4 Å². The average molecular weight is 564 g/mol. The summed E-state index contributed by atoms with van der Waals surface area (Å²) in [6, 6.07) is 40.0. The lowest BCUT2D eigenvalue weighted by Gasteiger charge is -2.22. The van der Waals surface area contributed by atoms with E-state index in [-0.39, 0.29) is 11.5 Å². The van der Waals surface area contributed by atoms with Crippen LogP contribution in [0.5, 0.6) is 11.5 Å². The van der Waals surface area contributed by atoms with Crippen LogP contribution in [0.1, 0.15) is 0 Å². The van der Waals surface area contributed by atoms with E-state index >= 15 is 0 Å². The average Bonchev–Trinajstić information content (AvgIpc) is 3.45. The van der Waals surface area contributed by atoms with Crippen molar-refractivity contribution in [2.24, 2.45) is 0 Å². The van der Waals surface area contributed by atoms with Crippen molar-refractivity contribution in [2.45, 2.75) is 0 Å². The second kappa shape index (κ2) is 9.85. The van der Waals surface area contributed by atoms with Crippen LogP contribution in [0.3, 0.4) is 0 Å². The van der Waals surface area contributed by atoms with Gasteiger partial charge in [0.2, 0.25) is 0 Å². The van der Waals surface area contributed by atoms with Gasteiger partial charge in [-0.3, -0.25) is 0 Å². The van der Waals surface area contributed by atoms with Crippen molar-refractivity contribution in [1.82, 2.24) is 0 Å². The Morgan fingerprint density at radius 1 is 0.432 bits per heavy atom. The summed E-state index contributed by atoms with van der Waals surface area (Å²) in [5, 5.41) is 28.7. The maximum atomic E-state index is 11.6. The normalized spacial score (nSPS) is 11.6. The molecule has 6 heteroatoms. The van der Waals surface area contributed by atoms with Gasteiger partial charge in [0.1, 0.15) is 46.2 Å². The van der Waals surface area contributed by atoms with Gasteiger partial charge >= 0.3 is 0 Å². The van der Waals surface area contributed by atoms with Crippen LogP contribution in [0.2, 0.25) is 0 Å². The number of furan rings is 1. The number of hydrogen-bond acceptors (Lipinski definition) is 3. The molecule has 0 radical (unpaired) electrons. The van der Waals surface area contributed by atoms with Gasteiger partial charge in [-0.15, -0.1) is 0 Å². The van der Waals surface area contributed by atoms with Crippen LogP contribution in [0.4, 0.5) is 0 Å². The molecule has 0 fully saturated rings. The fourth-order valence-electron chi connectivity index (χ4n) is 6.97.